The summed E-state index contributed by atoms with van der Waals surface area (Å²) in [6.45, 7) is 0. The summed E-state index contributed by atoms with van der Waals surface area (Å²) < 4.78 is 31.0. The predicted molar refractivity (Wildman–Crippen MR) is 98.1 cm³/mol. The van der Waals surface area contributed by atoms with Gasteiger partial charge in [0.1, 0.15) is 11.4 Å². The van der Waals surface area contributed by atoms with Crippen LogP contribution in [0.4, 0.5) is 11.4 Å². The van der Waals surface area contributed by atoms with Crippen LogP contribution in [0.25, 0.3) is 0 Å². The highest BCUT2D eigenvalue weighted by atomic mass is 32.2. The number of carbonyl (C=O) groups is 2. The van der Waals surface area contributed by atoms with Gasteiger partial charge in [0, 0.05) is 12.5 Å². The van der Waals surface area contributed by atoms with Crippen molar-refractivity contribution in [2.24, 2.45) is 5.18 Å². The van der Waals surface area contributed by atoms with Crippen LogP contribution in [0.2, 0.25) is 0 Å². The number of anilines is 1. The third kappa shape index (κ3) is 5.89. The maximum Gasteiger partial charge on any atom is 0.303 e. The number of carbonyl (C=O) groups excluding carboxylic acids is 1. The number of benzene rings is 2. The molecule has 0 aliphatic heterocycles. The second kappa shape index (κ2) is 8.41. The van der Waals surface area contributed by atoms with Gasteiger partial charge in [-0.1, -0.05) is 12.1 Å². The molecule has 0 unspecified atom stereocenters. The van der Waals surface area contributed by atoms with Gasteiger partial charge < -0.3 is 9.84 Å². The SMILES string of the molecule is CS(=O)(=O)Nc1ccc(N=O)cc1Oc1ccccc1C(=O)CCC(=O)O. The Labute approximate surface area is 155 Å². The molecule has 2 aromatic carbocycles. The number of nitrogens with zero attached hydrogens (tertiary/aromatic N) is 1. The Morgan fingerprint density at radius 1 is 1.11 bits per heavy atom. The number of ketones is 1. The van der Waals surface area contributed by atoms with Crippen LogP contribution in [0.3, 0.4) is 0 Å². The van der Waals surface area contributed by atoms with E-state index in [1.165, 1.54) is 30.3 Å². The summed E-state index contributed by atoms with van der Waals surface area (Å²) in [5, 5.41) is 11.5. The summed E-state index contributed by atoms with van der Waals surface area (Å²) in [6.07, 6.45) is 0.394. The lowest BCUT2D eigenvalue weighted by atomic mass is 10.1. The molecule has 0 fully saturated rings. The van der Waals surface area contributed by atoms with Crippen LogP contribution >= 0.6 is 0 Å². The van der Waals surface area contributed by atoms with E-state index < -0.39 is 21.8 Å². The molecule has 0 heterocycles. The number of hydrogen-bond acceptors (Lipinski definition) is 7. The fourth-order valence-electron chi connectivity index (χ4n) is 2.20. The van der Waals surface area contributed by atoms with Crippen LogP contribution in [0.5, 0.6) is 11.5 Å². The smallest absolute Gasteiger partial charge is 0.303 e. The fourth-order valence-corrected chi connectivity index (χ4v) is 2.76. The van der Waals surface area contributed by atoms with E-state index in [0.29, 0.717) is 0 Å². The molecule has 2 rings (SSSR count). The highest BCUT2D eigenvalue weighted by molar-refractivity contribution is 7.92. The first kappa shape index (κ1) is 20.0. The van der Waals surface area contributed by atoms with Crippen molar-refractivity contribution in [3.8, 4) is 11.5 Å². The van der Waals surface area contributed by atoms with Crippen molar-refractivity contribution in [3.05, 3.63) is 52.9 Å². The van der Waals surface area contributed by atoms with E-state index in [-0.39, 0.29) is 41.3 Å². The molecule has 0 bridgehead atoms. The molecule has 0 amide bonds. The van der Waals surface area contributed by atoms with Gasteiger partial charge in [0.25, 0.3) is 0 Å². The molecular formula is C17H16N2O7S. The summed E-state index contributed by atoms with van der Waals surface area (Å²) in [7, 11) is -3.63. The standard InChI is InChI=1S/C17H16N2O7S/c1-27(24,25)19-13-7-6-11(18-23)10-16(13)26-15-5-3-2-4-12(15)14(20)8-9-17(21)22/h2-7,10,19H,8-9H2,1H3,(H,21,22). The Hall–Kier alpha value is -3.27. The molecule has 2 aromatic rings. The fraction of sp³-hybridized carbons (Fsp3) is 0.176. The molecule has 10 heteroatoms. The minimum atomic E-state index is -3.63. The van der Waals surface area contributed by atoms with Crippen LogP contribution in [-0.4, -0.2) is 31.5 Å². The number of carboxylic acids is 1. The van der Waals surface area contributed by atoms with Crippen molar-refractivity contribution < 1.29 is 27.9 Å². The molecule has 142 valence electrons. The highest BCUT2D eigenvalue weighted by Crippen LogP contribution is 2.35. The lowest BCUT2D eigenvalue weighted by molar-refractivity contribution is -0.136. The van der Waals surface area contributed by atoms with Crippen molar-refractivity contribution in [1.29, 1.82) is 0 Å². The first-order chi connectivity index (χ1) is 12.7. The van der Waals surface area contributed by atoms with Gasteiger partial charge in [-0.05, 0) is 29.4 Å². The molecule has 0 aliphatic carbocycles. The molecule has 0 spiro atoms. The number of nitroso groups, excluding NO2 is 1. The Morgan fingerprint density at radius 3 is 2.44 bits per heavy atom. The zero-order chi connectivity index (χ0) is 20.0. The molecule has 0 aromatic heterocycles. The molecule has 2 N–H and O–H groups in total. The van der Waals surface area contributed by atoms with E-state index in [9.17, 15) is 22.9 Å². The van der Waals surface area contributed by atoms with Gasteiger partial charge in [-0.2, -0.15) is 0 Å². The summed E-state index contributed by atoms with van der Waals surface area (Å²) in [4.78, 5) is 33.7. The molecule has 27 heavy (non-hydrogen) atoms. The quantitative estimate of drug-likeness (QED) is 0.493. The number of aliphatic carboxylic acids is 1. The number of nitrogens with one attached hydrogen (secondary N) is 1. The van der Waals surface area contributed by atoms with Gasteiger partial charge in [-0.3, -0.25) is 14.3 Å². The predicted octanol–water partition coefficient (Wildman–Crippen LogP) is 3.30. The van der Waals surface area contributed by atoms with Crippen LogP contribution < -0.4 is 9.46 Å². The molecular weight excluding hydrogens is 376 g/mol. The van der Waals surface area contributed by atoms with Crippen molar-refractivity contribution in [1.82, 2.24) is 0 Å². The first-order valence-corrected chi connectivity index (χ1v) is 9.56. The van der Waals surface area contributed by atoms with E-state index >= 15 is 0 Å². The largest absolute Gasteiger partial charge is 0.481 e. The molecule has 0 atom stereocenters. The van der Waals surface area contributed by atoms with Gasteiger partial charge in [-0.25, -0.2) is 8.42 Å². The van der Waals surface area contributed by atoms with E-state index in [1.54, 1.807) is 12.1 Å². The Balaban J connectivity index is 2.40. The maximum absolute atomic E-state index is 12.3. The minimum absolute atomic E-state index is 0.00117. The molecule has 0 aliphatic rings. The Bertz CT molecular complexity index is 987. The van der Waals surface area contributed by atoms with E-state index in [4.69, 9.17) is 9.84 Å². The normalized spacial score (nSPS) is 10.9. The Kier molecular flexibility index (Phi) is 6.24. The molecule has 0 saturated heterocycles. The monoisotopic (exact) mass is 392 g/mol. The summed E-state index contributed by atoms with van der Waals surface area (Å²) in [5.41, 5.74) is 0.185. The topological polar surface area (TPSA) is 139 Å². The van der Waals surface area contributed by atoms with Crippen molar-refractivity contribution in [2.75, 3.05) is 11.0 Å². The van der Waals surface area contributed by atoms with Crippen LogP contribution in [-0.2, 0) is 14.8 Å². The number of carboxylic acid groups (broad SMARTS) is 1. The van der Waals surface area contributed by atoms with Crippen molar-refractivity contribution in [2.45, 2.75) is 12.8 Å². The second-order valence-corrected chi connectivity index (χ2v) is 7.31. The zero-order valence-corrected chi connectivity index (χ0v) is 15.0. The average Bonchev–Trinajstić information content (AvgIpc) is 2.60. The van der Waals surface area contributed by atoms with E-state index in [0.717, 1.165) is 6.26 Å². The van der Waals surface area contributed by atoms with Gasteiger partial charge in [0.2, 0.25) is 10.0 Å². The second-order valence-electron chi connectivity index (χ2n) is 5.56. The minimum Gasteiger partial charge on any atom is -0.481 e. The lowest BCUT2D eigenvalue weighted by Gasteiger charge is -2.14. The number of para-hydroxylation sites is 1. The van der Waals surface area contributed by atoms with Gasteiger partial charge in [0.15, 0.2) is 11.5 Å². The van der Waals surface area contributed by atoms with Gasteiger partial charge >= 0.3 is 5.97 Å². The molecule has 0 radical (unpaired) electrons. The maximum atomic E-state index is 12.3. The van der Waals surface area contributed by atoms with Crippen LogP contribution in [0.1, 0.15) is 23.2 Å². The number of sulfonamides is 1. The molecule has 0 saturated carbocycles. The summed E-state index contributed by atoms with van der Waals surface area (Å²) in [5.74, 6) is -1.50. The number of hydrogen-bond donors (Lipinski definition) is 2. The third-order valence-electron chi connectivity index (χ3n) is 3.34. The summed E-state index contributed by atoms with van der Waals surface area (Å²) in [6, 6.07) is 9.94. The third-order valence-corrected chi connectivity index (χ3v) is 3.93. The number of ether oxygens (including phenoxy) is 1. The highest BCUT2D eigenvalue weighted by Gasteiger charge is 2.17. The average molecular weight is 392 g/mol. The van der Waals surface area contributed by atoms with Gasteiger partial charge in [-0.15, -0.1) is 4.91 Å². The van der Waals surface area contributed by atoms with Crippen molar-refractivity contribution in [3.63, 3.8) is 0 Å². The van der Waals surface area contributed by atoms with E-state index in [2.05, 4.69) is 9.90 Å². The number of rotatable bonds is 9. The van der Waals surface area contributed by atoms with Gasteiger partial charge in [0.05, 0.1) is 23.9 Å². The number of Topliss-reactive ketones (excluding diaryl/α,β-unsaturated/α-hetero) is 1. The lowest BCUT2D eigenvalue weighted by Crippen LogP contribution is -2.10. The zero-order valence-electron chi connectivity index (χ0n) is 14.2. The van der Waals surface area contributed by atoms with Crippen LogP contribution in [0.15, 0.2) is 47.6 Å². The summed E-state index contributed by atoms with van der Waals surface area (Å²) >= 11 is 0. The van der Waals surface area contributed by atoms with E-state index in [1.807, 2.05) is 0 Å². The van der Waals surface area contributed by atoms with Crippen LogP contribution in [0, 0.1) is 4.91 Å². The first-order valence-electron chi connectivity index (χ1n) is 7.66. The molecule has 9 nitrogen and oxygen atoms in total. The Morgan fingerprint density at radius 2 is 1.81 bits per heavy atom. The van der Waals surface area contributed by atoms with Crippen molar-refractivity contribution >= 4 is 33.2 Å².